The van der Waals surface area contributed by atoms with Gasteiger partial charge in [-0.3, -0.25) is 4.99 Å². The lowest BCUT2D eigenvalue weighted by molar-refractivity contribution is 0.275. The molecule has 2 N–H and O–H groups in total. The molecule has 0 spiro atoms. The Bertz CT molecular complexity index is 741. The Morgan fingerprint density at radius 3 is 2.59 bits per heavy atom. The van der Waals surface area contributed by atoms with E-state index in [0.29, 0.717) is 19.0 Å². The lowest BCUT2D eigenvalue weighted by atomic mass is 9.98. The number of nitrogens with one attached hydrogen (secondary N) is 2. The monoisotopic (exact) mass is 396 g/mol. The second-order valence-corrected chi connectivity index (χ2v) is 9.03. The van der Waals surface area contributed by atoms with Gasteiger partial charge in [-0.1, -0.05) is 17.7 Å². The molecule has 0 unspecified atom stereocenters. The highest BCUT2D eigenvalue weighted by Gasteiger charge is 2.24. The lowest BCUT2D eigenvalue weighted by Gasteiger charge is -2.30. The Morgan fingerprint density at radius 1 is 1.30 bits per heavy atom. The SMILES string of the molecule is CN=C(NCCc1cc(C)ccc1OC)NCC1CCN(S(C)(=O)=O)CC1. The zero-order valence-corrected chi connectivity index (χ0v) is 17.6. The summed E-state index contributed by atoms with van der Waals surface area (Å²) >= 11 is 0. The largest absolute Gasteiger partial charge is 0.496 e. The number of benzene rings is 1. The Balaban J connectivity index is 1.75. The van der Waals surface area contributed by atoms with Crippen LogP contribution in [0.1, 0.15) is 24.0 Å². The van der Waals surface area contributed by atoms with Crippen molar-refractivity contribution in [3.8, 4) is 5.75 Å². The molecule has 0 bridgehead atoms. The number of hydrogen-bond acceptors (Lipinski definition) is 4. The molecule has 0 saturated carbocycles. The number of ether oxygens (including phenoxy) is 1. The molecule has 1 aromatic rings. The number of sulfonamides is 1. The molecular weight excluding hydrogens is 364 g/mol. The number of piperidine rings is 1. The number of aryl methyl sites for hydroxylation is 1. The van der Waals surface area contributed by atoms with Crippen LogP contribution in [0.5, 0.6) is 5.75 Å². The molecule has 2 rings (SSSR count). The first-order valence-electron chi connectivity index (χ1n) is 9.36. The van der Waals surface area contributed by atoms with Gasteiger partial charge in [-0.2, -0.15) is 0 Å². The molecule has 1 aromatic carbocycles. The minimum Gasteiger partial charge on any atom is -0.496 e. The summed E-state index contributed by atoms with van der Waals surface area (Å²) in [5.41, 5.74) is 2.39. The van der Waals surface area contributed by atoms with Gasteiger partial charge in [0.05, 0.1) is 13.4 Å². The third-order valence-corrected chi connectivity index (χ3v) is 6.25. The Kier molecular flexibility index (Phi) is 7.91. The van der Waals surface area contributed by atoms with Gasteiger partial charge in [0, 0.05) is 33.2 Å². The summed E-state index contributed by atoms with van der Waals surface area (Å²) in [6, 6.07) is 6.19. The van der Waals surface area contributed by atoms with E-state index in [1.807, 2.05) is 12.1 Å². The van der Waals surface area contributed by atoms with E-state index in [-0.39, 0.29) is 0 Å². The van der Waals surface area contributed by atoms with Gasteiger partial charge < -0.3 is 15.4 Å². The van der Waals surface area contributed by atoms with Crippen molar-refractivity contribution in [1.82, 2.24) is 14.9 Å². The van der Waals surface area contributed by atoms with Gasteiger partial charge in [-0.15, -0.1) is 0 Å². The predicted molar refractivity (Wildman–Crippen MR) is 110 cm³/mol. The maximum Gasteiger partial charge on any atom is 0.211 e. The minimum absolute atomic E-state index is 0.457. The van der Waals surface area contributed by atoms with Crippen LogP contribution in [0.3, 0.4) is 0 Å². The molecule has 0 radical (unpaired) electrons. The van der Waals surface area contributed by atoms with Crippen LogP contribution >= 0.6 is 0 Å². The summed E-state index contributed by atoms with van der Waals surface area (Å²) in [5.74, 6) is 2.13. The molecule has 27 heavy (non-hydrogen) atoms. The minimum atomic E-state index is -3.07. The fourth-order valence-electron chi connectivity index (χ4n) is 3.32. The van der Waals surface area contributed by atoms with Crippen LogP contribution in [0, 0.1) is 12.8 Å². The summed E-state index contributed by atoms with van der Waals surface area (Å²) in [6.45, 7) is 4.83. The molecule has 0 aromatic heterocycles. The average Bonchev–Trinajstić information content (AvgIpc) is 2.64. The second kappa shape index (κ2) is 9.94. The smallest absolute Gasteiger partial charge is 0.211 e. The Labute approximate surface area is 163 Å². The summed E-state index contributed by atoms with van der Waals surface area (Å²) in [6.07, 6.45) is 3.87. The first kappa shape index (κ1) is 21.5. The standard InChI is InChI=1S/C19H32N4O3S/c1-15-5-6-18(26-3)17(13-15)7-10-21-19(20-2)22-14-16-8-11-23(12-9-16)27(4,24)25/h5-6,13,16H,7-12,14H2,1-4H3,(H2,20,21,22). The van der Waals surface area contributed by atoms with E-state index in [0.717, 1.165) is 44.1 Å². The molecule has 0 atom stereocenters. The molecule has 152 valence electrons. The van der Waals surface area contributed by atoms with Crippen molar-refractivity contribution >= 4 is 16.0 Å². The van der Waals surface area contributed by atoms with Gasteiger partial charge in [0.1, 0.15) is 5.75 Å². The summed E-state index contributed by atoms with van der Waals surface area (Å²) in [5, 5.41) is 6.70. The molecule has 0 amide bonds. The van der Waals surface area contributed by atoms with Crippen LogP contribution < -0.4 is 15.4 Å². The number of hydrogen-bond donors (Lipinski definition) is 2. The highest BCUT2D eigenvalue weighted by Crippen LogP contribution is 2.20. The van der Waals surface area contributed by atoms with Crippen molar-refractivity contribution in [2.75, 3.05) is 46.6 Å². The second-order valence-electron chi connectivity index (χ2n) is 7.05. The van der Waals surface area contributed by atoms with Crippen LogP contribution in [0.4, 0.5) is 0 Å². The normalized spacial score (nSPS) is 17.0. The van der Waals surface area contributed by atoms with E-state index >= 15 is 0 Å². The first-order valence-corrected chi connectivity index (χ1v) is 11.2. The van der Waals surface area contributed by atoms with Crippen LogP contribution in [-0.4, -0.2) is 65.3 Å². The fourth-order valence-corrected chi connectivity index (χ4v) is 4.20. The van der Waals surface area contributed by atoms with Crippen molar-refractivity contribution in [2.45, 2.75) is 26.2 Å². The molecular formula is C19H32N4O3S. The fraction of sp³-hybridized carbons (Fsp3) is 0.632. The molecule has 7 nitrogen and oxygen atoms in total. The lowest BCUT2D eigenvalue weighted by Crippen LogP contribution is -2.44. The highest BCUT2D eigenvalue weighted by molar-refractivity contribution is 7.88. The third-order valence-electron chi connectivity index (χ3n) is 4.95. The van der Waals surface area contributed by atoms with Crippen LogP contribution in [0.15, 0.2) is 23.2 Å². The van der Waals surface area contributed by atoms with Crippen molar-refractivity contribution in [1.29, 1.82) is 0 Å². The predicted octanol–water partition coefficient (Wildman–Crippen LogP) is 1.38. The van der Waals surface area contributed by atoms with E-state index in [9.17, 15) is 8.42 Å². The zero-order chi connectivity index (χ0) is 19.9. The van der Waals surface area contributed by atoms with Gasteiger partial charge >= 0.3 is 0 Å². The number of guanidine groups is 1. The van der Waals surface area contributed by atoms with Crippen molar-refractivity contribution in [2.24, 2.45) is 10.9 Å². The molecule has 1 aliphatic heterocycles. The molecule has 1 saturated heterocycles. The van der Waals surface area contributed by atoms with Crippen LogP contribution in [-0.2, 0) is 16.4 Å². The van der Waals surface area contributed by atoms with E-state index < -0.39 is 10.0 Å². The molecule has 8 heteroatoms. The van der Waals surface area contributed by atoms with Gasteiger partial charge in [-0.25, -0.2) is 12.7 Å². The molecule has 1 aliphatic rings. The number of methoxy groups -OCH3 is 1. The zero-order valence-electron chi connectivity index (χ0n) is 16.8. The molecule has 1 heterocycles. The van der Waals surface area contributed by atoms with Gasteiger partial charge in [0.2, 0.25) is 10.0 Å². The highest BCUT2D eigenvalue weighted by atomic mass is 32.2. The summed E-state index contributed by atoms with van der Waals surface area (Å²) in [7, 11) is 0.384. The Hall–Kier alpha value is -1.80. The van der Waals surface area contributed by atoms with Gasteiger partial charge in [0.25, 0.3) is 0 Å². The van der Waals surface area contributed by atoms with Gasteiger partial charge in [-0.05, 0) is 43.7 Å². The van der Waals surface area contributed by atoms with Gasteiger partial charge in [0.15, 0.2) is 5.96 Å². The molecule has 0 aliphatic carbocycles. The quantitative estimate of drug-likeness (QED) is 0.537. The van der Waals surface area contributed by atoms with Crippen LogP contribution in [0.2, 0.25) is 0 Å². The number of aliphatic imine (C=N–C) groups is 1. The number of nitrogens with zero attached hydrogens (tertiary/aromatic N) is 2. The Morgan fingerprint density at radius 2 is 2.00 bits per heavy atom. The average molecular weight is 397 g/mol. The van der Waals surface area contributed by atoms with E-state index in [4.69, 9.17) is 4.74 Å². The third kappa shape index (κ3) is 6.70. The molecule has 1 fully saturated rings. The van der Waals surface area contributed by atoms with Crippen LogP contribution in [0.25, 0.3) is 0 Å². The van der Waals surface area contributed by atoms with E-state index in [2.05, 4.69) is 28.6 Å². The first-order chi connectivity index (χ1) is 12.8. The number of rotatable bonds is 7. The summed E-state index contributed by atoms with van der Waals surface area (Å²) < 4.78 is 30.1. The van der Waals surface area contributed by atoms with Crippen molar-refractivity contribution in [3.05, 3.63) is 29.3 Å². The maximum atomic E-state index is 11.6. The maximum absolute atomic E-state index is 11.6. The van der Waals surface area contributed by atoms with E-state index in [1.54, 1.807) is 18.5 Å². The van der Waals surface area contributed by atoms with Crippen molar-refractivity contribution < 1.29 is 13.2 Å². The van der Waals surface area contributed by atoms with E-state index in [1.165, 1.54) is 17.4 Å². The summed E-state index contributed by atoms with van der Waals surface area (Å²) in [4.78, 5) is 4.27. The van der Waals surface area contributed by atoms with Crippen molar-refractivity contribution in [3.63, 3.8) is 0 Å². The topological polar surface area (TPSA) is 83.0 Å².